The van der Waals surface area contributed by atoms with Crippen LogP contribution < -0.4 is 21.4 Å². The van der Waals surface area contributed by atoms with Crippen molar-refractivity contribution >= 4 is 23.3 Å². The number of aromatic amines is 1. The van der Waals surface area contributed by atoms with E-state index in [1.807, 2.05) is 6.92 Å². The Labute approximate surface area is 186 Å². The van der Waals surface area contributed by atoms with Crippen molar-refractivity contribution in [2.24, 2.45) is 12.1 Å². The van der Waals surface area contributed by atoms with Crippen LogP contribution in [-0.2, 0) is 13.6 Å². The maximum atomic E-state index is 13.3. The summed E-state index contributed by atoms with van der Waals surface area (Å²) in [6, 6.07) is 10.6. The van der Waals surface area contributed by atoms with Gasteiger partial charge in [-0.1, -0.05) is 12.1 Å². The molecule has 0 unspecified atom stereocenters. The molecule has 0 atom stereocenters. The summed E-state index contributed by atoms with van der Waals surface area (Å²) in [5, 5.41) is 14.0. The standard InChI is InChI=1S/C22H21FN6O4/c1-3-33-17-10-14(6-9-16(17)30)11-24-27-21-25-19-18(20(31)26-22(32)28(19)2)29(21)12-13-4-7-15(23)8-5-13/h4-11,30H,3,12H2,1-2H3,(H,25,27)(H,26,31,32)/b24-11-. The molecule has 0 radical (unpaired) electrons. The molecule has 10 nitrogen and oxygen atoms in total. The quantitative estimate of drug-likeness (QED) is 0.291. The number of anilines is 1. The van der Waals surface area contributed by atoms with Crippen LogP contribution in [0.2, 0.25) is 0 Å². The first-order chi connectivity index (χ1) is 15.9. The van der Waals surface area contributed by atoms with Gasteiger partial charge in [0.2, 0.25) is 5.95 Å². The van der Waals surface area contributed by atoms with E-state index in [0.717, 1.165) is 5.56 Å². The highest BCUT2D eigenvalue weighted by Gasteiger charge is 2.17. The molecule has 0 aliphatic rings. The predicted molar refractivity (Wildman–Crippen MR) is 122 cm³/mol. The van der Waals surface area contributed by atoms with Gasteiger partial charge in [0.1, 0.15) is 5.82 Å². The third-order valence-corrected chi connectivity index (χ3v) is 4.92. The number of aryl methyl sites for hydroxylation is 1. The molecular formula is C22H21FN6O4. The number of nitrogens with zero attached hydrogens (tertiary/aromatic N) is 4. The number of halogens is 1. The SMILES string of the molecule is CCOc1cc(/C=N\Nc2nc3c(c(=O)[nH]c(=O)n3C)n2Cc2ccc(F)cc2)ccc1O. The zero-order valence-corrected chi connectivity index (χ0v) is 17.9. The monoisotopic (exact) mass is 452 g/mol. The predicted octanol–water partition coefficient (Wildman–Crippen LogP) is 2.16. The summed E-state index contributed by atoms with van der Waals surface area (Å²) in [6.45, 7) is 2.39. The van der Waals surface area contributed by atoms with E-state index in [4.69, 9.17) is 4.74 Å². The molecule has 0 aliphatic heterocycles. The van der Waals surface area contributed by atoms with E-state index in [9.17, 15) is 19.1 Å². The molecule has 11 heteroatoms. The maximum absolute atomic E-state index is 13.3. The molecule has 4 rings (SSSR count). The number of hydrogen-bond donors (Lipinski definition) is 3. The lowest BCUT2D eigenvalue weighted by molar-refractivity contribution is 0.318. The smallest absolute Gasteiger partial charge is 0.329 e. The van der Waals surface area contributed by atoms with Crippen LogP contribution in [0.5, 0.6) is 11.5 Å². The van der Waals surface area contributed by atoms with Crippen LogP contribution in [0.15, 0.2) is 57.2 Å². The molecule has 3 N–H and O–H groups in total. The summed E-state index contributed by atoms with van der Waals surface area (Å²) < 4.78 is 21.5. The van der Waals surface area contributed by atoms with Crippen molar-refractivity contribution < 1.29 is 14.2 Å². The second-order valence-electron chi connectivity index (χ2n) is 7.17. The normalized spacial score (nSPS) is 11.4. The zero-order chi connectivity index (χ0) is 23.5. The largest absolute Gasteiger partial charge is 0.504 e. The number of phenolic OH excluding ortho intramolecular Hbond substituents is 1. The van der Waals surface area contributed by atoms with Crippen molar-refractivity contribution in [1.29, 1.82) is 0 Å². The molecule has 0 fully saturated rings. The van der Waals surface area contributed by atoms with E-state index < -0.39 is 11.2 Å². The number of hydrogen-bond acceptors (Lipinski definition) is 7. The van der Waals surface area contributed by atoms with Gasteiger partial charge in [-0.25, -0.2) is 14.6 Å². The molecule has 2 aromatic carbocycles. The van der Waals surface area contributed by atoms with E-state index in [2.05, 4.69) is 20.5 Å². The van der Waals surface area contributed by atoms with Crippen LogP contribution in [0, 0.1) is 5.82 Å². The van der Waals surface area contributed by atoms with Crippen LogP contribution in [0.25, 0.3) is 11.2 Å². The van der Waals surface area contributed by atoms with Crippen LogP contribution in [-0.4, -0.2) is 37.0 Å². The minimum absolute atomic E-state index is 0.0168. The lowest BCUT2D eigenvalue weighted by atomic mass is 10.2. The molecule has 0 bridgehead atoms. The fourth-order valence-electron chi connectivity index (χ4n) is 3.29. The number of ether oxygens (including phenoxy) is 1. The molecule has 2 heterocycles. The Hall–Kier alpha value is -4.41. The average molecular weight is 452 g/mol. The highest BCUT2D eigenvalue weighted by molar-refractivity contribution is 5.81. The number of aromatic nitrogens is 4. The first kappa shape index (κ1) is 21.8. The third-order valence-electron chi connectivity index (χ3n) is 4.92. The maximum Gasteiger partial charge on any atom is 0.329 e. The number of nitrogens with one attached hydrogen (secondary N) is 2. The highest BCUT2D eigenvalue weighted by Crippen LogP contribution is 2.26. The van der Waals surface area contributed by atoms with E-state index in [-0.39, 0.29) is 35.2 Å². The molecule has 0 spiro atoms. The summed E-state index contributed by atoms with van der Waals surface area (Å²) >= 11 is 0. The minimum atomic E-state index is -0.598. The van der Waals surface area contributed by atoms with Gasteiger partial charge in [0.25, 0.3) is 5.56 Å². The Morgan fingerprint density at radius 2 is 2.00 bits per heavy atom. The molecule has 0 saturated heterocycles. The van der Waals surface area contributed by atoms with Crippen molar-refractivity contribution in [1.82, 2.24) is 19.1 Å². The summed E-state index contributed by atoms with van der Waals surface area (Å²) in [7, 11) is 1.49. The second-order valence-corrected chi connectivity index (χ2v) is 7.17. The number of H-pyrrole nitrogens is 1. The molecule has 4 aromatic rings. The van der Waals surface area contributed by atoms with Gasteiger partial charge >= 0.3 is 5.69 Å². The van der Waals surface area contributed by atoms with Gasteiger partial charge < -0.3 is 9.84 Å². The topological polar surface area (TPSA) is 127 Å². The van der Waals surface area contributed by atoms with Crippen LogP contribution in [0.3, 0.4) is 0 Å². The van der Waals surface area contributed by atoms with Crippen molar-refractivity contribution in [2.45, 2.75) is 13.5 Å². The number of aromatic hydroxyl groups is 1. The summed E-state index contributed by atoms with van der Waals surface area (Å²) in [6.07, 6.45) is 1.49. The number of hydrazone groups is 1. The summed E-state index contributed by atoms with van der Waals surface area (Å²) in [5.74, 6) is 0.175. The van der Waals surface area contributed by atoms with Crippen molar-refractivity contribution in [3.63, 3.8) is 0 Å². The van der Waals surface area contributed by atoms with E-state index in [1.165, 1.54) is 36.0 Å². The molecule has 0 aliphatic carbocycles. The van der Waals surface area contributed by atoms with E-state index >= 15 is 0 Å². The van der Waals surface area contributed by atoms with Crippen LogP contribution >= 0.6 is 0 Å². The number of fused-ring (bicyclic) bond motifs is 1. The first-order valence-corrected chi connectivity index (χ1v) is 10.1. The number of rotatable bonds is 7. The summed E-state index contributed by atoms with van der Waals surface area (Å²) in [4.78, 5) is 31.2. The van der Waals surface area contributed by atoms with Gasteiger partial charge in [0.15, 0.2) is 22.7 Å². The average Bonchev–Trinajstić information content (AvgIpc) is 3.15. The van der Waals surface area contributed by atoms with Crippen molar-refractivity contribution in [2.75, 3.05) is 12.0 Å². The van der Waals surface area contributed by atoms with E-state index in [1.54, 1.807) is 28.8 Å². The van der Waals surface area contributed by atoms with Gasteiger partial charge in [-0.05, 0) is 48.4 Å². The Morgan fingerprint density at radius 1 is 1.24 bits per heavy atom. The Kier molecular flexibility index (Phi) is 5.94. The highest BCUT2D eigenvalue weighted by atomic mass is 19.1. The fourth-order valence-corrected chi connectivity index (χ4v) is 3.29. The Morgan fingerprint density at radius 3 is 2.73 bits per heavy atom. The number of imidazole rings is 1. The summed E-state index contributed by atoms with van der Waals surface area (Å²) in [5.41, 5.74) is 3.31. The molecule has 2 aromatic heterocycles. The Bertz CT molecular complexity index is 1450. The third kappa shape index (κ3) is 4.47. The molecular weight excluding hydrogens is 431 g/mol. The number of phenols is 1. The van der Waals surface area contributed by atoms with Gasteiger partial charge in [0, 0.05) is 7.05 Å². The molecule has 0 saturated carbocycles. The first-order valence-electron chi connectivity index (χ1n) is 10.1. The fraction of sp³-hybridized carbons (Fsp3) is 0.182. The minimum Gasteiger partial charge on any atom is -0.504 e. The van der Waals surface area contributed by atoms with Crippen molar-refractivity contribution in [3.05, 3.63) is 80.2 Å². The van der Waals surface area contributed by atoms with Gasteiger partial charge in [-0.2, -0.15) is 10.1 Å². The van der Waals surface area contributed by atoms with Crippen LogP contribution in [0.4, 0.5) is 10.3 Å². The number of benzene rings is 2. The lowest BCUT2D eigenvalue weighted by Gasteiger charge is -2.08. The van der Waals surface area contributed by atoms with Crippen molar-refractivity contribution in [3.8, 4) is 11.5 Å². The second kappa shape index (κ2) is 8.99. The van der Waals surface area contributed by atoms with Gasteiger partial charge in [-0.15, -0.1) is 0 Å². The molecule has 33 heavy (non-hydrogen) atoms. The van der Waals surface area contributed by atoms with Crippen LogP contribution in [0.1, 0.15) is 18.1 Å². The zero-order valence-electron chi connectivity index (χ0n) is 17.9. The lowest BCUT2D eigenvalue weighted by Crippen LogP contribution is -2.29. The molecule has 0 amide bonds. The van der Waals surface area contributed by atoms with Gasteiger partial charge in [0.05, 0.1) is 19.4 Å². The van der Waals surface area contributed by atoms with Gasteiger partial charge in [-0.3, -0.25) is 18.9 Å². The Balaban J connectivity index is 1.72. The van der Waals surface area contributed by atoms with E-state index in [0.29, 0.717) is 17.9 Å². The molecule has 170 valence electrons.